The number of carbonyl (C=O) groups excluding carboxylic acids is 1. The Morgan fingerprint density at radius 2 is 2.16 bits per heavy atom. The van der Waals surface area contributed by atoms with Crippen molar-refractivity contribution in [1.82, 2.24) is 5.32 Å². The molecule has 0 fully saturated rings. The van der Waals surface area contributed by atoms with E-state index >= 15 is 0 Å². The predicted molar refractivity (Wildman–Crippen MR) is 75.3 cm³/mol. The fraction of sp³-hybridized carbons (Fsp3) is 0.533. The molecule has 0 aromatic heterocycles. The highest BCUT2D eigenvalue weighted by molar-refractivity contribution is 5.70. The molecule has 4 nitrogen and oxygen atoms in total. The molecule has 0 amide bonds. The molecule has 0 heterocycles. The zero-order chi connectivity index (χ0) is 14.1. The first-order valence-electron chi connectivity index (χ1n) is 6.74. The average molecular weight is 265 g/mol. The van der Waals surface area contributed by atoms with Gasteiger partial charge in [-0.1, -0.05) is 19.1 Å². The molecule has 1 aromatic carbocycles. The van der Waals surface area contributed by atoms with Crippen LogP contribution in [0.15, 0.2) is 24.3 Å². The SMILES string of the molecule is CCCNC(CC(=O)OCC)c1cccc(OC)c1. The van der Waals surface area contributed by atoms with Crippen LogP contribution in [0.5, 0.6) is 5.75 Å². The Hall–Kier alpha value is -1.55. The van der Waals surface area contributed by atoms with Crippen LogP contribution < -0.4 is 10.1 Å². The molecule has 0 radical (unpaired) electrons. The van der Waals surface area contributed by atoms with Crippen molar-refractivity contribution in [1.29, 1.82) is 0 Å². The molecule has 0 bridgehead atoms. The average Bonchev–Trinajstić information content (AvgIpc) is 2.43. The molecule has 106 valence electrons. The van der Waals surface area contributed by atoms with Crippen LogP contribution in [-0.2, 0) is 9.53 Å². The summed E-state index contributed by atoms with van der Waals surface area (Å²) < 4.78 is 10.2. The number of esters is 1. The maximum Gasteiger partial charge on any atom is 0.307 e. The van der Waals surface area contributed by atoms with E-state index in [2.05, 4.69) is 12.2 Å². The second-order valence-corrected chi connectivity index (χ2v) is 4.29. The zero-order valence-corrected chi connectivity index (χ0v) is 11.9. The third-order valence-corrected chi connectivity index (χ3v) is 2.81. The van der Waals surface area contributed by atoms with E-state index < -0.39 is 0 Å². The van der Waals surface area contributed by atoms with Gasteiger partial charge in [0.1, 0.15) is 5.75 Å². The summed E-state index contributed by atoms with van der Waals surface area (Å²) in [5.74, 6) is 0.614. The summed E-state index contributed by atoms with van der Waals surface area (Å²) in [6.07, 6.45) is 1.35. The monoisotopic (exact) mass is 265 g/mol. The maximum atomic E-state index is 11.7. The number of carbonyl (C=O) groups is 1. The van der Waals surface area contributed by atoms with E-state index in [1.165, 1.54) is 0 Å². The Balaban J connectivity index is 2.78. The molecule has 1 unspecified atom stereocenters. The van der Waals surface area contributed by atoms with Crippen LogP contribution in [0.1, 0.15) is 38.3 Å². The van der Waals surface area contributed by atoms with E-state index in [1.807, 2.05) is 31.2 Å². The van der Waals surface area contributed by atoms with Crippen LogP contribution in [0.4, 0.5) is 0 Å². The number of methoxy groups -OCH3 is 1. The zero-order valence-electron chi connectivity index (χ0n) is 11.9. The topological polar surface area (TPSA) is 47.6 Å². The highest BCUT2D eigenvalue weighted by Crippen LogP contribution is 2.22. The lowest BCUT2D eigenvalue weighted by molar-refractivity contribution is -0.143. The van der Waals surface area contributed by atoms with Gasteiger partial charge in [-0.2, -0.15) is 0 Å². The predicted octanol–water partition coefficient (Wildman–Crippen LogP) is 2.69. The standard InChI is InChI=1S/C15H23NO3/c1-4-9-16-14(11-15(17)19-5-2)12-7-6-8-13(10-12)18-3/h6-8,10,14,16H,4-5,9,11H2,1-3H3. The number of ether oxygens (including phenoxy) is 2. The van der Waals surface area contributed by atoms with Gasteiger partial charge in [-0.05, 0) is 37.6 Å². The molecule has 0 aliphatic carbocycles. The van der Waals surface area contributed by atoms with Gasteiger partial charge >= 0.3 is 5.97 Å². The minimum absolute atomic E-state index is 0.0332. The summed E-state index contributed by atoms with van der Waals surface area (Å²) in [5, 5.41) is 3.37. The Kier molecular flexibility index (Phi) is 6.97. The van der Waals surface area contributed by atoms with Crippen LogP contribution in [0.2, 0.25) is 0 Å². The first-order valence-corrected chi connectivity index (χ1v) is 6.74. The number of benzene rings is 1. The Morgan fingerprint density at radius 3 is 2.79 bits per heavy atom. The second kappa shape index (κ2) is 8.53. The molecule has 0 aliphatic rings. The first-order chi connectivity index (χ1) is 9.21. The van der Waals surface area contributed by atoms with Gasteiger partial charge in [0.2, 0.25) is 0 Å². The van der Waals surface area contributed by atoms with E-state index in [4.69, 9.17) is 9.47 Å². The third kappa shape index (κ3) is 5.30. The van der Waals surface area contributed by atoms with Crippen LogP contribution >= 0.6 is 0 Å². The number of hydrogen-bond acceptors (Lipinski definition) is 4. The van der Waals surface area contributed by atoms with Gasteiger partial charge in [-0.15, -0.1) is 0 Å². The summed E-state index contributed by atoms with van der Waals surface area (Å²) in [4.78, 5) is 11.7. The van der Waals surface area contributed by atoms with Crippen LogP contribution in [-0.4, -0.2) is 26.2 Å². The molecular formula is C15H23NO3. The highest BCUT2D eigenvalue weighted by atomic mass is 16.5. The summed E-state index contributed by atoms with van der Waals surface area (Å²) >= 11 is 0. The van der Waals surface area contributed by atoms with Crippen molar-refractivity contribution in [2.24, 2.45) is 0 Å². The lowest BCUT2D eigenvalue weighted by Gasteiger charge is -2.18. The fourth-order valence-corrected chi connectivity index (χ4v) is 1.87. The third-order valence-electron chi connectivity index (χ3n) is 2.81. The van der Waals surface area contributed by atoms with Crippen LogP contribution in [0.3, 0.4) is 0 Å². The van der Waals surface area contributed by atoms with Crippen molar-refractivity contribution in [2.75, 3.05) is 20.3 Å². The summed E-state index contributed by atoms with van der Waals surface area (Å²) in [6.45, 7) is 5.19. The molecule has 4 heteroatoms. The van der Waals surface area contributed by atoms with Crippen molar-refractivity contribution in [2.45, 2.75) is 32.7 Å². The maximum absolute atomic E-state index is 11.7. The summed E-state index contributed by atoms with van der Waals surface area (Å²) in [6, 6.07) is 7.74. The van der Waals surface area contributed by atoms with E-state index in [0.29, 0.717) is 13.0 Å². The number of nitrogens with one attached hydrogen (secondary N) is 1. The molecule has 0 saturated heterocycles. The fourth-order valence-electron chi connectivity index (χ4n) is 1.87. The first kappa shape index (κ1) is 15.5. The van der Waals surface area contributed by atoms with Crippen molar-refractivity contribution in [3.05, 3.63) is 29.8 Å². The summed E-state index contributed by atoms with van der Waals surface area (Å²) in [5.41, 5.74) is 1.04. The molecule has 1 aromatic rings. The Labute approximate surface area is 115 Å². The number of hydrogen-bond donors (Lipinski definition) is 1. The highest BCUT2D eigenvalue weighted by Gasteiger charge is 2.16. The van der Waals surface area contributed by atoms with Crippen molar-refractivity contribution < 1.29 is 14.3 Å². The smallest absolute Gasteiger partial charge is 0.307 e. The molecule has 19 heavy (non-hydrogen) atoms. The summed E-state index contributed by atoms with van der Waals surface area (Å²) in [7, 11) is 1.64. The Morgan fingerprint density at radius 1 is 1.37 bits per heavy atom. The van der Waals surface area contributed by atoms with E-state index in [0.717, 1.165) is 24.3 Å². The van der Waals surface area contributed by atoms with Gasteiger partial charge in [0.05, 0.1) is 20.1 Å². The van der Waals surface area contributed by atoms with Gasteiger partial charge in [0.25, 0.3) is 0 Å². The van der Waals surface area contributed by atoms with Gasteiger partial charge in [0, 0.05) is 6.04 Å². The minimum Gasteiger partial charge on any atom is -0.497 e. The largest absolute Gasteiger partial charge is 0.497 e. The molecule has 0 spiro atoms. The Bertz CT molecular complexity index is 393. The quantitative estimate of drug-likeness (QED) is 0.734. The normalized spacial score (nSPS) is 11.9. The molecule has 1 atom stereocenters. The van der Waals surface area contributed by atoms with E-state index in [-0.39, 0.29) is 12.0 Å². The van der Waals surface area contributed by atoms with Crippen molar-refractivity contribution in [3.8, 4) is 5.75 Å². The van der Waals surface area contributed by atoms with Crippen molar-refractivity contribution in [3.63, 3.8) is 0 Å². The number of rotatable bonds is 8. The minimum atomic E-state index is -0.182. The van der Waals surface area contributed by atoms with Gasteiger partial charge in [-0.3, -0.25) is 4.79 Å². The van der Waals surface area contributed by atoms with Gasteiger partial charge < -0.3 is 14.8 Å². The van der Waals surface area contributed by atoms with Gasteiger partial charge in [-0.25, -0.2) is 0 Å². The molecular weight excluding hydrogens is 242 g/mol. The van der Waals surface area contributed by atoms with E-state index in [9.17, 15) is 4.79 Å². The lowest BCUT2D eigenvalue weighted by Crippen LogP contribution is -2.25. The van der Waals surface area contributed by atoms with E-state index in [1.54, 1.807) is 7.11 Å². The molecule has 1 rings (SSSR count). The molecule has 0 saturated carbocycles. The van der Waals surface area contributed by atoms with Crippen molar-refractivity contribution >= 4 is 5.97 Å². The van der Waals surface area contributed by atoms with Crippen LogP contribution in [0.25, 0.3) is 0 Å². The molecule has 1 N–H and O–H groups in total. The lowest BCUT2D eigenvalue weighted by atomic mass is 10.0. The second-order valence-electron chi connectivity index (χ2n) is 4.29. The molecule has 0 aliphatic heterocycles. The van der Waals surface area contributed by atoms with Crippen LogP contribution in [0, 0.1) is 0 Å². The van der Waals surface area contributed by atoms with Gasteiger partial charge in [0.15, 0.2) is 0 Å².